The molecule has 8 nitrogen and oxygen atoms in total. The molecule has 0 unspecified atom stereocenters. The molecule has 0 saturated carbocycles. The van der Waals surface area contributed by atoms with Crippen molar-refractivity contribution in [1.29, 1.82) is 0 Å². The van der Waals surface area contributed by atoms with Crippen LogP contribution in [0.1, 0.15) is 11.1 Å². The Hall–Kier alpha value is -2.81. The molecule has 1 amide bonds. The van der Waals surface area contributed by atoms with Crippen LogP contribution in [0.15, 0.2) is 41.4 Å². The number of hydrogen-bond donors (Lipinski definition) is 0. The minimum absolute atomic E-state index is 0.0375. The van der Waals surface area contributed by atoms with Crippen LogP contribution in [0.5, 0.6) is 0 Å². The van der Waals surface area contributed by atoms with Gasteiger partial charge in [0, 0.05) is 11.6 Å². The third kappa shape index (κ3) is 2.44. The van der Waals surface area contributed by atoms with Crippen molar-refractivity contribution >= 4 is 27.4 Å². The zero-order chi connectivity index (χ0) is 16.8. The molecule has 3 rings (SSSR count). The molecule has 23 heavy (non-hydrogen) atoms. The van der Waals surface area contributed by atoms with Crippen LogP contribution in [0.25, 0.3) is 0 Å². The fraction of sp³-hybridized carbons (Fsp3) is 0.143. The van der Waals surface area contributed by atoms with Gasteiger partial charge in [-0.25, -0.2) is 13.4 Å². The van der Waals surface area contributed by atoms with Crippen molar-refractivity contribution < 1.29 is 18.1 Å². The van der Waals surface area contributed by atoms with E-state index in [1.54, 1.807) is 12.1 Å². The molecular weight excluding hydrogens is 322 g/mol. The maximum atomic E-state index is 12.7. The molecule has 1 aromatic carbocycles. The van der Waals surface area contributed by atoms with Crippen LogP contribution < -0.4 is 4.31 Å². The largest absolute Gasteiger partial charge is 0.288 e. The van der Waals surface area contributed by atoms with Crippen molar-refractivity contribution in [3.05, 3.63) is 57.8 Å². The van der Waals surface area contributed by atoms with Gasteiger partial charge in [0.1, 0.15) is 6.20 Å². The standard InChI is InChI=1S/C14H11N3O5S/c1-9-2-4-12(5-3-9)23(21,22)16-13(18)7-10-6-11(17(19)20)8-15-14(10)16/h2-6,8H,7H2,1H3. The zero-order valence-corrected chi connectivity index (χ0v) is 12.8. The Morgan fingerprint density at radius 2 is 1.91 bits per heavy atom. The second-order valence-electron chi connectivity index (χ2n) is 5.09. The number of amides is 1. The summed E-state index contributed by atoms with van der Waals surface area (Å²) in [5, 5.41) is 10.8. The topological polar surface area (TPSA) is 110 Å². The summed E-state index contributed by atoms with van der Waals surface area (Å²) >= 11 is 0. The first-order chi connectivity index (χ1) is 10.8. The van der Waals surface area contributed by atoms with Gasteiger partial charge in [0.15, 0.2) is 5.82 Å². The summed E-state index contributed by atoms with van der Waals surface area (Å²) in [4.78, 5) is 26.0. The maximum Gasteiger partial charge on any atom is 0.288 e. The molecule has 1 aromatic heterocycles. The Labute approximate surface area is 131 Å². The van der Waals surface area contributed by atoms with E-state index in [9.17, 15) is 23.3 Å². The van der Waals surface area contributed by atoms with Gasteiger partial charge in [0.2, 0.25) is 5.91 Å². The van der Waals surface area contributed by atoms with Crippen LogP contribution in [0.2, 0.25) is 0 Å². The van der Waals surface area contributed by atoms with Gasteiger partial charge < -0.3 is 0 Å². The predicted molar refractivity (Wildman–Crippen MR) is 80.4 cm³/mol. The summed E-state index contributed by atoms with van der Waals surface area (Å²) in [5.74, 6) is -0.769. The van der Waals surface area contributed by atoms with Gasteiger partial charge >= 0.3 is 0 Å². The molecule has 0 aliphatic carbocycles. The summed E-state index contributed by atoms with van der Waals surface area (Å²) in [6.07, 6.45) is 0.699. The Balaban J connectivity index is 2.10. The van der Waals surface area contributed by atoms with Crippen molar-refractivity contribution in [2.45, 2.75) is 18.2 Å². The number of anilines is 1. The Bertz CT molecular complexity index is 922. The number of aryl methyl sites for hydroxylation is 1. The number of sulfonamides is 1. The molecule has 0 spiro atoms. The van der Waals surface area contributed by atoms with E-state index in [2.05, 4.69) is 4.98 Å². The number of hydrogen-bond acceptors (Lipinski definition) is 6. The molecule has 0 atom stereocenters. The highest BCUT2D eigenvalue weighted by atomic mass is 32.2. The molecule has 0 radical (unpaired) electrons. The highest BCUT2D eigenvalue weighted by Crippen LogP contribution is 2.33. The number of fused-ring (bicyclic) bond motifs is 1. The summed E-state index contributed by atoms with van der Waals surface area (Å²) in [6, 6.07) is 7.22. The van der Waals surface area contributed by atoms with Gasteiger partial charge in [-0.2, -0.15) is 4.31 Å². The van der Waals surface area contributed by atoms with Crippen LogP contribution in [-0.2, 0) is 21.2 Å². The predicted octanol–water partition coefficient (Wildman–Crippen LogP) is 1.58. The minimum atomic E-state index is -4.10. The van der Waals surface area contributed by atoms with E-state index >= 15 is 0 Å². The van der Waals surface area contributed by atoms with E-state index < -0.39 is 20.9 Å². The van der Waals surface area contributed by atoms with E-state index in [0.29, 0.717) is 4.31 Å². The molecule has 1 aliphatic heterocycles. The number of rotatable bonds is 3. The van der Waals surface area contributed by atoms with Crippen LogP contribution in [0, 0.1) is 17.0 Å². The van der Waals surface area contributed by atoms with Crippen molar-refractivity contribution in [2.24, 2.45) is 0 Å². The lowest BCUT2D eigenvalue weighted by Gasteiger charge is -2.16. The highest BCUT2D eigenvalue weighted by molar-refractivity contribution is 7.93. The first-order valence-corrected chi connectivity index (χ1v) is 8.03. The first-order valence-electron chi connectivity index (χ1n) is 6.59. The lowest BCUT2D eigenvalue weighted by molar-refractivity contribution is -0.385. The van der Waals surface area contributed by atoms with Crippen LogP contribution >= 0.6 is 0 Å². The van der Waals surface area contributed by atoms with Gasteiger partial charge in [-0.1, -0.05) is 17.7 Å². The number of carbonyl (C=O) groups is 1. The number of benzene rings is 1. The molecular formula is C14H11N3O5S. The number of aromatic nitrogens is 1. The SMILES string of the molecule is Cc1ccc(S(=O)(=O)N2C(=O)Cc3cc([N+](=O)[O-])cnc32)cc1. The summed E-state index contributed by atoms with van der Waals surface area (Å²) in [7, 11) is -4.10. The maximum absolute atomic E-state index is 12.7. The molecule has 0 saturated heterocycles. The Morgan fingerprint density at radius 3 is 2.52 bits per heavy atom. The highest BCUT2D eigenvalue weighted by Gasteiger charge is 2.39. The quantitative estimate of drug-likeness (QED) is 0.623. The van der Waals surface area contributed by atoms with E-state index in [4.69, 9.17) is 0 Å². The molecule has 9 heteroatoms. The first kappa shape index (κ1) is 15.1. The van der Waals surface area contributed by atoms with Crippen molar-refractivity contribution in [3.63, 3.8) is 0 Å². The fourth-order valence-corrected chi connectivity index (χ4v) is 3.74. The van der Waals surface area contributed by atoms with Gasteiger partial charge in [0.05, 0.1) is 16.2 Å². The molecule has 2 heterocycles. The monoisotopic (exact) mass is 333 g/mol. The van der Waals surface area contributed by atoms with Crippen LogP contribution in [0.4, 0.5) is 11.5 Å². The van der Waals surface area contributed by atoms with Gasteiger partial charge in [-0.3, -0.25) is 14.9 Å². The van der Waals surface area contributed by atoms with Crippen molar-refractivity contribution in [3.8, 4) is 0 Å². The number of carbonyl (C=O) groups excluding carboxylic acids is 1. The second-order valence-corrected chi connectivity index (χ2v) is 6.87. The van der Waals surface area contributed by atoms with E-state index in [-0.39, 0.29) is 28.4 Å². The zero-order valence-electron chi connectivity index (χ0n) is 12.0. The molecule has 0 fully saturated rings. The van der Waals surface area contributed by atoms with E-state index in [1.807, 2.05) is 6.92 Å². The summed E-state index contributed by atoms with van der Waals surface area (Å²) < 4.78 is 25.9. The number of pyridine rings is 1. The fourth-order valence-electron chi connectivity index (χ4n) is 2.32. The van der Waals surface area contributed by atoms with E-state index in [1.165, 1.54) is 18.2 Å². The van der Waals surface area contributed by atoms with Gasteiger partial charge in [-0.05, 0) is 19.1 Å². The normalized spacial score (nSPS) is 14.0. The number of nitrogens with zero attached hydrogens (tertiary/aromatic N) is 3. The van der Waals surface area contributed by atoms with Crippen molar-refractivity contribution in [1.82, 2.24) is 4.98 Å². The van der Waals surface area contributed by atoms with Crippen LogP contribution in [-0.4, -0.2) is 24.2 Å². The third-order valence-electron chi connectivity index (χ3n) is 3.46. The lowest BCUT2D eigenvalue weighted by Crippen LogP contribution is -2.34. The molecule has 1 aliphatic rings. The minimum Gasteiger partial charge on any atom is -0.273 e. The summed E-state index contributed by atoms with van der Waals surface area (Å²) in [6.45, 7) is 1.81. The van der Waals surface area contributed by atoms with E-state index in [0.717, 1.165) is 11.8 Å². The summed E-state index contributed by atoms with van der Waals surface area (Å²) in [5.41, 5.74) is 0.817. The second kappa shape index (κ2) is 5.13. The Kier molecular flexibility index (Phi) is 3.37. The molecule has 0 bridgehead atoms. The average molecular weight is 333 g/mol. The van der Waals surface area contributed by atoms with Crippen molar-refractivity contribution in [2.75, 3.05) is 4.31 Å². The van der Waals surface area contributed by atoms with Gasteiger partial charge in [-0.15, -0.1) is 0 Å². The molecule has 2 aromatic rings. The van der Waals surface area contributed by atoms with Gasteiger partial charge in [0.25, 0.3) is 15.7 Å². The smallest absolute Gasteiger partial charge is 0.273 e. The molecule has 0 N–H and O–H groups in total. The van der Waals surface area contributed by atoms with Crippen LogP contribution in [0.3, 0.4) is 0 Å². The molecule has 118 valence electrons. The third-order valence-corrected chi connectivity index (χ3v) is 5.18. The number of nitro groups is 1. The Morgan fingerprint density at radius 1 is 1.26 bits per heavy atom. The average Bonchev–Trinajstić information content (AvgIpc) is 2.83. The lowest BCUT2D eigenvalue weighted by atomic mass is 10.2.